The van der Waals surface area contributed by atoms with Crippen molar-refractivity contribution in [1.29, 1.82) is 0 Å². The molecule has 0 bridgehead atoms. The first-order chi connectivity index (χ1) is 15.0. The molecule has 1 unspecified atom stereocenters. The molecule has 0 radical (unpaired) electrons. The number of carboxylic acids is 1. The molecule has 1 aliphatic heterocycles. The van der Waals surface area contributed by atoms with Crippen LogP contribution < -0.4 is 0 Å². The quantitative estimate of drug-likeness (QED) is 0.475. The molecule has 2 aromatic rings. The van der Waals surface area contributed by atoms with Gasteiger partial charge in [-0.15, -0.1) is 0 Å². The second-order valence-corrected chi connectivity index (χ2v) is 8.39. The normalized spacial score (nSPS) is 17.3. The number of hydrogen-bond acceptors (Lipinski definition) is 4. The molecule has 0 spiro atoms. The van der Waals surface area contributed by atoms with E-state index in [9.17, 15) is 14.7 Å². The molecule has 1 saturated heterocycles. The van der Waals surface area contributed by atoms with E-state index in [-0.39, 0.29) is 18.4 Å². The molecule has 31 heavy (non-hydrogen) atoms. The first kappa shape index (κ1) is 23.0. The first-order valence-electron chi connectivity index (χ1n) is 11.3. The maximum atomic E-state index is 12.3. The lowest BCUT2D eigenvalue weighted by atomic mass is 10.0. The van der Waals surface area contributed by atoms with E-state index in [0.29, 0.717) is 25.8 Å². The van der Waals surface area contributed by atoms with Crippen molar-refractivity contribution in [2.75, 3.05) is 6.54 Å². The number of aliphatic hydroxyl groups excluding tert-OH is 1. The number of carbonyl (C=O) groups excluding carboxylic acids is 1. The molecule has 7 nitrogen and oxygen atoms in total. The van der Waals surface area contributed by atoms with Gasteiger partial charge in [0, 0.05) is 37.2 Å². The van der Waals surface area contributed by atoms with Gasteiger partial charge in [-0.3, -0.25) is 14.3 Å². The Bertz CT molecular complexity index is 836. The topological polar surface area (TPSA) is 95.7 Å². The van der Waals surface area contributed by atoms with Crippen molar-refractivity contribution >= 4 is 11.9 Å². The van der Waals surface area contributed by atoms with Gasteiger partial charge in [0.25, 0.3) is 0 Å². The summed E-state index contributed by atoms with van der Waals surface area (Å²) in [6, 6.07) is 10.3. The zero-order chi connectivity index (χ0) is 22.1. The fraction of sp³-hybridized carbons (Fsp3) is 0.542. The number of nitrogens with zero attached hydrogens (tertiary/aromatic N) is 3. The van der Waals surface area contributed by atoms with Crippen LogP contribution in [0.3, 0.4) is 0 Å². The number of amides is 1. The van der Waals surface area contributed by atoms with Crippen LogP contribution in [0.5, 0.6) is 0 Å². The minimum absolute atomic E-state index is 0.181. The maximum Gasteiger partial charge on any atom is 0.303 e. The van der Waals surface area contributed by atoms with Gasteiger partial charge < -0.3 is 15.1 Å². The van der Waals surface area contributed by atoms with E-state index in [1.165, 1.54) is 0 Å². The van der Waals surface area contributed by atoms with Crippen LogP contribution in [0.1, 0.15) is 75.0 Å². The molecule has 7 heteroatoms. The van der Waals surface area contributed by atoms with Gasteiger partial charge in [0.2, 0.25) is 5.91 Å². The Balaban J connectivity index is 1.41. The number of benzene rings is 1. The predicted octanol–water partition coefficient (Wildman–Crippen LogP) is 3.77. The fourth-order valence-corrected chi connectivity index (χ4v) is 4.24. The van der Waals surface area contributed by atoms with Crippen molar-refractivity contribution < 1.29 is 19.8 Å². The van der Waals surface area contributed by atoms with Crippen molar-refractivity contribution in [2.45, 2.75) is 76.5 Å². The van der Waals surface area contributed by atoms with E-state index < -0.39 is 12.1 Å². The third-order valence-electron chi connectivity index (χ3n) is 5.99. The lowest BCUT2D eigenvalue weighted by Crippen LogP contribution is -2.34. The van der Waals surface area contributed by atoms with Crippen LogP contribution >= 0.6 is 0 Å². The summed E-state index contributed by atoms with van der Waals surface area (Å²) >= 11 is 0. The number of aromatic nitrogens is 2. The molecular weight excluding hydrogens is 394 g/mol. The molecular formula is C24H33N3O4. The number of unbranched alkanes of at least 4 members (excludes halogenated alkanes) is 3. The van der Waals surface area contributed by atoms with Gasteiger partial charge in [0.05, 0.1) is 18.8 Å². The zero-order valence-corrected chi connectivity index (χ0v) is 18.0. The van der Waals surface area contributed by atoms with E-state index in [1.54, 1.807) is 6.20 Å². The molecule has 2 N–H and O–H groups in total. The SMILES string of the molecule is O=C(O)CCCCCCN1C(=O)CCC1CC[C@H](O)c1cnn(Cc2ccccc2)c1. The third-order valence-corrected chi connectivity index (χ3v) is 5.99. The summed E-state index contributed by atoms with van der Waals surface area (Å²) in [4.78, 5) is 24.8. The number of carbonyl (C=O) groups is 2. The van der Waals surface area contributed by atoms with Gasteiger partial charge in [-0.2, -0.15) is 5.10 Å². The van der Waals surface area contributed by atoms with Crippen LogP contribution in [0.15, 0.2) is 42.7 Å². The predicted molar refractivity (Wildman–Crippen MR) is 117 cm³/mol. The van der Waals surface area contributed by atoms with Crippen molar-refractivity contribution in [1.82, 2.24) is 14.7 Å². The Kier molecular flexibility index (Phi) is 8.64. The summed E-state index contributed by atoms with van der Waals surface area (Å²) in [7, 11) is 0. The van der Waals surface area contributed by atoms with E-state index in [2.05, 4.69) is 17.2 Å². The van der Waals surface area contributed by atoms with E-state index in [0.717, 1.165) is 49.8 Å². The van der Waals surface area contributed by atoms with Crippen molar-refractivity contribution in [2.24, 2.45) is 0 Å². The van der Waals surface area contributed by atoms with Crippen molar-refractivity contribution in [3.8, 4) is 0 Å². The first-order valence-corrected chi connectivity index (χ1v) is 11.3. The van der Waals surface area contributed by atoms with Crippen LogP contribution in [0.2, 0.25) is 0 Å². The monoisotopic (exact) mass is 427 g/mol. The second-order valence-electron chi connectivity index (χ2n) is 8.39. The lowest BCUT2D eigenvalue weighted by molar-refractivity contribution is -0.137. The fourth-order valence-electron chi connectivity index (χ4n) is 4.24. The highest BCUT2D eigenvalue weighted by Gasteiger charge is 2.30. The lowest BCUT2D eigenvalue weighted by Gasteiger charge is -2.25. The van der Waals surface area contributed by atoms with Crippen LogP contribution in [-0.4, -0.2) is 49.4 Å². The van der Waals surface area contributed by atoms with E-state index >= 15 is 0 Å². The summed E-state index contributed by atoms with van der Waals surface area (Å²) in [6.07, 6.45) is 9.45. The summed E-state index contributed by atoms with van der Waals surface area (Å²) in [6.45, 7) is 1.40. The summed E-state index contributed by atoms with van der Waals surface area (Å²) in [5.41, 5.74) is 1.97. The Hall–Kier alpha value is -2.67. The van der Waals surface area contributed by atoms with Crippen LogP contribution in [0.4, 0.5) is 0 Å². The van der Waals surface area contributed by atoms with Crippen LogP contribution in [-0.2, 0) is 16.1 Å². The molecule has 1 aliphatic rings. The highest BCUT2D eigenvalue weighted by atomic mass is 16.4. The van der Waals surface area contributed by atoms with Crippen molar-refractivity contribution in [3.05, 3.63) is 53.9 Å². The standard InChI is InChI=1S/C24H33N3O4/c28-22(20-16-25-26(18-20)17-19-8-4-3-5-9-19)13-11-21-12-14-23(29)27(21)15-7-2-1-6-10-24(30)31/h3-5,8-9,16,18,21-22,28H,1-2,6-7,10-15,17H2,(H,30,31)/t21?,22-/m0/s1. The summed E-state index contributed by atoms with van der Waals surface area (Å²) in [5, 5.41) is 23.7. The largest absolute Gasteiger partial charge is 0.481 e. The van der Waals surface area contributed by atoms with Gasteiger partial charge in [-0.1, -0.05) is 43.2 Å². The minimum Gasteiger partial charge on any atom is -0.481 e. The van der Waals surface area contributed by atoms with E-state index in [1.807, 2.05) is 34.0 Å². The second kappa shape index (κ2) is 11.6. The summed E-state index contributed by atoms with van der Waals surface area (Å²) < 4.78 is 1.84. The molecule has 168 valence electrons. The highest BCUT2D eigenvalue weighted by molar-refractivity contribution is 5.78. The summed E-state index contributed by atoms with van der Waals surface area (Å²) in [5.74, 6) is -0.556. The molecule has 1 aromatic carbocycles. The molecule has 0 saturated carbocycles. The molecule has 3 rings (SSSR count). The van der Waals surface area contributed by atoms with E-state index in [4.69, 9.17) is 5.11 Å². The van der Waals surface area contributed by atoms with Crippen molar-refractivity contribution in [3.63, 3.8) is 0 Å². The number of hydrogen-bond donors (Lipinski definition) is 2. The van der Waals surface area contributed by atoms with Gasteiger partial charge in [0.15, 0.2) is 0 Å². The average Bonchev–Trinajstić information content (AvgIpc) is 3.36. The minimum atomic E-state index is -0.751. The molecule has 2 heterocycles. The van der Waals surface area contributed by atoms with Crippen LogP contribution in [0, 0.1) is 0 Å². The number of likely N-dealkylation sites (tertiary alicyclic amines) is 1. The van der Waals surface area contributed by atoms with Crippen LogP contribution in [0.25, 0.3) is 0 Å². The molecule has 1 amide bonds. The van der Waals surface area contributed by atoms with Gasteiger partial charge in [-0.05, 0) is 37.7 Å². The Morgan fingerprint density at radius 2 is 1.94 bits per heavy atom. The molecule has 1 fully saturated rings. The Labute approximate surface area is 183 Å². The molecule has 2 atom stereocenters. The van der Waals surface area contributed by atoms with Gasteiger partial charge >= 0.3 is 5.97 Å². The zero-order valence-electron chi connectivity index (χ0n) is 18.0. The van der Waals surface area contributed by atoms with Gasteiger partial charge in [0.1, 0.15) is 0 Å². The number of aliphatic carboxylic acids is 1. The molecule has 1 aromatic heterocycles. The highest BCUT2D eigenvalue weighted by Crippen LogP contribution is 2.27. The Morgan fingerprint density at radius 3 is 2.71 bits per heavy atom. The van der Waals surface area contributed by atoms with Gasteiger partial charge in [-0.25, -0.2) is 0 Å². The Morgan fingerprint density at radius 1 is 1.16 bits per heavy atom. The smallest absolute Gasteiger partial charge is 0.303 e. The number of rotatable bonds is 13. The number of carboxylic acid groups (broad SMARTS) is 1. The third kappa shape index (κ3) is 7.21. The number of aliphatic hydroxyl groups is 1. The molecule has 0 aliphatic carbocycles. The maximum absolute atomic E-state index is 12.3. The average molecular weight is 428 g/mol.